The fourth-order valence-corrected chi connectivity index (χ4v) is 4.86. The number of hydrogen-bond donors (Lipinski definition) is 2. The predicted molar refractivity (Wildman–Crippen MR) is 146 cm³/mol. The monoisotopic (exact) mass is 552 g/mol. The van der Waals surface area contributed by atoms with E-state index in [1.54, 1.807) is 24.4 Å². The molecule has 1 unspecified atom stereocenters. The van der Waals surface area contributed by atoms with Crippen molar-refractivity contribution in [3.63, 3.8) is 0 Å². The highest BCUT2D eigenvalue weighted by Gasteiger charge is 2.31. The van der Waals surface area contributed by atoms with Crippen LogP contribution >= 0.6 is 0 Å². The van der Waals surface area contributed by atoms with Gasteiger partial charge in [0, 0.05) is 50.9 Å². The van der Waals surface area contributed by atoms with Crippen LogP contribution < -0.4 is 20.3 Å². The van der Waals surface area contributed by atoms with Crippen LogP contribution in [0.15, 0.2) is 66.9 Å². The highest BCUT2D eigenvalue weighted by molar-refractivity contribution is 5.77. The van der Waals surface area contributed by atoms with Crippen molar-refractivity contribution in [2.45, 2.75) is 38.7 Å². The molecule has 2 aromatic carbocycles. The fraction of sp³-hybridized carbons (Fsp3) is 0.345. The summed E-state index contributed by atoms with van der Waals surface area (Å²) in [5.74, 6) is 0.292. The standard InChI is InChI=1S/C29H31F3N6O2/c1-20(22-6-8-23(9-7-22)37-17-15-33-16-18-37)35-27(39)13-12-26-36-25-3-2-14-34-28(25)38(26)19-21-4-10-24(11-5-21)40-29(30,31)32/h2-11,14,20,33H,12-13,15-19H2,1H3,(H,35,39). The molecule has 0 saturated carbocycles. The van der Waals surface area contributed by atoms with Gasteiger partial charge in [0.05, 0.1) is 12.6 Å². The summed E-state index contributed by atoms with van der Waals surface area (Å²) in [6.45, 7) is 6.20. The minimum Gasteiger partial charge on any atom is -0.406 e. The first-order valence-corrected chi connectivity index (χ1v) is 13.2. The number of aromatic nitrogens is 3. The maximum Gasteiger partial charge on any atom is 0.573 e. The Kier molecular flexibility index (Phi) is 8.20. The van der Waals surface area contributed by atoms with Crippen molar-refractivity contribution in [1.29, 1.82) is 0 Å². The number of imidazole rings is 1. The number of fused-ring (bicyclic) bond motifs is 1. The molecule has 0 spiro atoms. The van der Waals surface area contributed by atoms with Gasteiger partial charge in [-0.15, -0.1) is 13.2 Å². The van der Waals surface area contributed by atoms with Crippen LogP contribution in [0.4, 0.5) is 18.9 Å². The van der Waals surface area contributed by atoms with Crippen LogP contribution in [0.1, 0.15) is 36.3 Å². The van der Waals surface area contributed by atoms with Gasteiger partial charge in [0.2, 0.25) is 5.91 Å². The average molecular weight is 553 g/mol. The number of amides is 1. The molecule has 11 heteroatoms. The number of piperazine rings is 1. The van der Waals surface area contributed by atoms with E-state index in [0.29, 0.717) is 30.0 Å². The summed E-state index contributed by atoms with van der Waals surface area (Å²) < 4.78 is 43.4. The molecule has 0 radical (unpaired) electrons. The third-order valence-corrected chi connectivity index (χ3v) is 6.91. The van der Waals surface area contributed by atoms with Gasteiger partial charge in [-0.25, -0.2) is 9.97 Å². The molecule has 1 aliphatic heterocycles. The van der Waals surface area contributed by atoms with Crippen LogP contribution in [-0.4, -0.2) is 53.0 Å². The summed E-state index contributed by atoms with van der Waals surface area (Å²) in [5.41, 5.74) is 4.29. The molecule has 40 heavy (non-hydrogen) atoms. The molecular weight excluding hydrogens is 521 g/mol. The predicted octanol–water partition coefficient (Wildman–Crippen LogP) is 4.60. The number of rotatable bonds is 9. The molecular formula is C29H31F3N6O2. The van der Waals surface area contributed by atoms with Gasteiger partial charge >= 0.3 is 6.36 Å². The van der Waals surface area contributed by atoms with Crippen molar-refractivity contribution < 1.29 is 22.7 Å². The van der Waals surface area contributed by atoms with E-state index in [2.05, 4.69) is 54.5 Å². The number of nitrogens with zero attached hydrogens (tertiary/aromatic N) is 4. The number of ether oxygens (including phenoxy) is 1. The van der Waals surface area contributed by atoms with Crippen molar-refractivity contribution in [2.75, 3.05) is 31.1 Å². The molecule has 5 rings (SSSR count). The molecule has 4 aromatic rings. The molecule has 8 nitrogen and oxygen atoms in total. The van der Waals surface area contributed by atoms with Crippen LogP contribution in [-0.2, 0) is 17.8 Å². The summed E-state index contributed by atoms with van der Waals surface area (Å²) in [6.07, 6.45) is -2.48. The molecule has 2 N–H and O–H groups in total. The zero-order valence-corrected chi connectivity index (χ0v) is 22.1. The van der Waals surface area contributed by atoms with Crippen LogP contribution in [0.3, 0.4) is 0 Å². The van der Waals surface area contributed by atoms with E-state index >= 15 is 0 Å². The first kappa shape index (κ1) is 27.4. The van der Waals surface area contributed by atoms with Crippen LogP contribution in [0, 0.1) is 0 Å². The largest absolute Gasteiger partial charge is 0.573 e. The van der Waals surface area contributed by atoms with Gasteiger partial charge in [0.1, 0.15) is 17.1 Å². The quantitative estimate of drug-likeness (QED) is 0.316. The Bertz CT molecular complexity index is 1430. The molecule has 1 fully saturated rings. The number of carbonyl (C=O) groups excluding carboxylic acids is 1. The topological polar surface area (TPSA) is 84.3 Å². The SMILES string of the molecule is CC(NC(=O)CCc1nc2cccnc2n1Cc1ccc(OC(F)(F)F)cc1)c1ccc(N2CCNCC2)cc1. The van der Waals surface area contributed by atoms with Gasteiger partial charge in [-0.1, -0.05) is 24.3 Å². The Labute approximate surface area is 230 Å². The van der Waals surface area contributed by atoms with Gasteiger partial charge in [-0.2, -0.15) is 0 Å². The zero-order valence-electron chi connectivity index (χ0n) is 22.1. The molecule has 1 aliphatic rings. The van der Waals surface area contributed by atoms with E-state index in [1.807, 2.05) is 17.6 Å². The van der Waals surface area contributed by atoms with Crippen molar-refractivity contribution in [3.8, 4) is 5.75 Å². The van der Waals surface area contributed by atoms with Crippen LogP contribution in [0.2, 0.25) is 0 Å². The number of nitrogens with one attached hydrogen (secondary N) is 2. The summed E-state index contributed by atoms with van der Waals surface area (Å²) in [5, 5.41) is 6.43. The second-order valence-corrected chi connectivity index (χ2v) is 9.77. The molecule has 1 atom stereocenters. The van der Waals surface area contributed by atoms with E-state index < -0.39 is 6.36 Å². The maximum absolute atomic E-state index is 12.9. The number of halogens is 3. The Morgan fingerprint density at radius 1 is 1.07 bits per heavy atom. The Hall–Kier alpha value is -4.12. The van der Waals surface area contributed by atoms with E-state index in [0.717, 1.165) is 37.3 Å². The minimum absolute atomic E-state index is 0.0982. The first-order chi connectivity index (χ1) is 19.2. The lowest BCUT2D eigenvalue weighted by Gasteiger charge is -2.29. The average Bonchev–Trinajstić information content (AvgIpc) is 3.30. The Balaban J connectivity index is 1.22. The second-order valence-electron chi connectivity index (χ2n) is 9.77. The van der Waals surface area contributed by atoms with E-state index in [1.165, 1.54) is 17.8 Å². The third kappa shape index (κ3) is 6.90. The van der Waals surface area contributed by atoms with Crippen LogP contribution in [0.5, 0.6) is 5.75 Å². The van der Waals surface area contributed by atoms with Gasteiger partial charge in [-0.05, 0) is 54.4 Å². The van der Waals surface area contributed by atoms with E-state index in [-0.39, 0.29) is 24.1 Å². The second kappa shape index (κ2) is 12.0. The number of alkyl halides is 3. The lowest BCUT2D eigenvalue weighted by molar-refractivity contribution is -0.274. The number of aryl methyl sites for hydroxylation is 1. The molecule has 2 aromatic heterocycles. The number of hydrogen-bond acceptors (Lipinski definition) is 6. The van der Waals surface area contributed by atoms with Gasteiger partial charge in [0.25, 0.3) is 0 Å². The van der Waals surface area contributed by atoms with Gasteiger partial charge in [0.15, 0.2) is 5.65 Å². The maximum atomic E-state index is 12.9. The van der Waals surface area contributed by atoms with Crippen molar-refractivity contribution in [1.82, 2.24) is 25.2 Å². The summed E-state index contributed by atoms with van der Waals surface area (Å²) in [7, 11) is 0. The highest BCUT2D eigenvalue weighted by atomic mass is 19.4. The number of carbonyl (C=O) groups is 1. The normalized spacial score (nSPS) is 14.8. The number of benzene rings is 2. The minimum atomic E-state index is -4.74. The smallest absolute Gasteiger partial charge is 0.406 e. The van der Waals surface area contributed by atoms with Crippen molar-refractivity contribution in [2.24, 2.45) is 0 Å². The van der Waals surface area contributed by atoms with Crippen molar-refractivity contribution in [3.05, 3.63) is 83.8 Å². The fourth-order valence-electron chi connectivity index (χ4n) is 4.86. The molecule has 210 valence electrons. The molecule has 0 aliphatic carbocycles. The number of pyridine rings is 1. The van der Waals surface area contributed by atoms with Crippen molar-refractivity contribution >= 4 is 22.8 Å². The zero-order chi connectivity index (χ0) is 28.1. The lowest BCUT2D eigenvalue weighted by Crippen LogP contribution is -2.43. The summed E-state index contributed by atoms with van der Waals surface area (Å²) in [6, 6.07) is 17.5. The van der Waals surface area contributed by atoms with E-state index in [4.69, 9.17) is 0 Å². The van der Waals surface area contributed by atoms with Crippen LogP contribution in [0.25, 0.3) is 11.2 Å². The first-order valence-electron chi connectivity index (χ1n) is 13.2. The number of anilines is 1. The van der Waals surface area contributed by atoms with Gasteiger partial charge < -0.3 is 24.8 Å². The lowest BCUT2D eigenvalue weighted by atomic mass is 10.1. The Morgan fingerprint density at radius 2 is 1.80 bits per heavy atom. The highest BCUT2D eigenvalue weighted by Crippen LogP contribution is 2.24. The van der Waals surface area contributed by atoms with E-state index in [9.17, 15) is 18.0 Å². The summed E-state index contributed by atoms with van der Waals surface area (Å²) >= 11 is 0. The third-order valence-electron chi connectivity index (χ3n) is 6.91. The molecule has 1 amide bonds. The Morgan fingerprint density at radius 3 is 2.50 bits per heavy atom. The molecule has 1 saturated heterocycles. The van der Waals surface area contributed by atoms with Gasteiger partial charge in [-0.3, -0.25) is 4.79 Å². The molecule has 3 heterocycles. The molecule has 0 bridgehead atoms. The summed E-state index contributed by atoms with van der Waals surface area (Å²) in [4.78, 5) is 24.3.